The smallest absolute Gasteiger partial charge is 0.122 e. The summed E-state index contributed by atoms with van der Waals surface area (Å²) in [6.07, 6.45) is 0.959. The molecule has 18 heavy (non-hydrogen) atoms. The van der Waals surface area contributed by atoms with Crippen molar-refractivity contribution >= 4 is 0 Å². The third-order valence-electron chi connectivity index (χ3n) is 2.69. The van der Waals surface area contributed by atoms with Crippen LogP contribution >= 0.6 is 0 Å². The largest absolute Gasteiger partial charge is 0.493 e. The van der Waals surface area contributed by atoms with E-state index in [-0.39, 0.29) is 0 Å². The van der Waals surface area contributed by atoms with Gasteiger partial charge in [0, 0.05) is 13.1 Å². The first kappa shape index (κ1) is 15.0. The van der Waals surface area contributed by atoms with Crippen LogP contribution in [0.1, 0.15) is 25.8 Å². The Morgan fingerprint density at radius 2 is 1.94 bits per heavy atom. The van der Waals surface area contributed by atoms with Crippen molar-refractivity contribution in [2.24, 2.45) is 0 Å². The Bertz CT molecular complexity index is 358. The van der Waals surface area contributed by atoms with Crippen LogP contribution in [0.25, 0.3) is 0 Å². The molecular formula is C15H25NO2. The van der Waals surface area contributed by atoms with Crippen LogP contribution in [-0.2, 0) is 0 Å². The van der Waals surface area contributed by atoms with Crippen molar-refractivity contribution in [3.05, 3.63) is 29.8 Å². The summed E-state index contributed by atoms with van der Waals surface area (Å²) in [5.74, 6) is 0.961. The van der Waals surface area contributed by atoms with E-state index >= 15 is 0 Å². The maximum absolute atomic E-state index is 9.69. The highest BCUT2D eigenvalue weighted by molar-refractivity contribution is 5.31. The molecule has 0 unspecified atom stereocenters. The molecular weight excluding hydrogens is 226 g/mol. The van der Waals surface area contributed by atoms with Crippen molar-refractivity contribution in [3.8, 4) is 5.75 Å². The maximum Gasteiger partial charge on any atom is 0.122 e. The number of rotatable bonds is 7. The van der Waals surface area contributed by atoms with Crippen LogP contribution in [0.5, 0.6) is 5.75 Å². The Morgan fingerprint density at radius 3 is 2.56 bits per heavy atom. The lowest BCUT2D eigenvalue weighted by molar-refractivity contribution is 0.0433. The van der Waals surface area contributed by atoms with Gasteiger partial charge in [-0.05, 0) is 45.9 Å². The van der Waals surface area contributed by atoms with Crippen molar-refractivity contribution in [2.45, 2.75) is 32.8 Å². The number of hydrogen-bond donors (Lipinski definition) is 1. The fourth-order valence-corrected chi connectivity index (χ4v) is 1.97. The minimum atomic E-state index is -0.633. The van der Waals surface area contributed by atoms with Gasteiger partial charge in [0.2, 0.25) is 0 Å². The fraction of sp³-hybridized carbons (Fsp3) is 0.600. The van der Waals surface area contributed by atoms with E-state index in [1.165, 1.54) is 5.56 Å². The van der Waals surface area contributed by atoms with E-state index in [0.29, 0.717) is 13.2 Å². The number of nitrogens with zero attached hydrogens (tertiary/aromatic N) is 1. The molecule has 0 saturated carbocycles. The third-order valence-corrected chi connectivity index (χ3v) is 2.69. The zero-order valence-electron chi connectivity index (χ0n) is 11.9. The standard InChI is InChI=1S/C15H25NO2/c1-13-8-5-6-9-14(13)18-11-7-10-16(4)12-15(2,3)17/h5-6,8-9,17H,7,10-12H2,1-4H3. The summed E-state index contributed by atoms with van der Waals surface area (Å²) >= 11 is 0. The SMILES string of the molecule is Cc1ccccc1OCCCN(C)CC(C)(C)O. The summed E-state index contributed by atoms with van der Waals surface area (Å²) in [5, 5.41) is 9.69. The monoisotopic (exact) mass is 251 g/mol. The highest BCUT2D eigenvalue weighted by atomic mass is 16.5. The highest BCUT2D eigenvalue weighted by Crippen LogP contribution is 2.16. The van der Waals surface area contributed by atoms with Gasteiger partial charge in [-0.3, -0.25) is 0 Å². The van der Waals surface area contributed by atoms with Gasteiger partial charge >= 0.3 is 0 Å². The second kappa shape index (κ2) is 6.76. The van der Waals surface area contributed by atoms with Crippen molar-refractivity contribution in [1.82, 2.24) is 4.90 Å². The van der Waals surface area contributed by atoms with Crippen molar-refractivity contribution in [1.29, 1.82) is 0 Å². The lowest BCUT2D eigenvalue weighted by atomic mass is 10.1. The van der Waals surface area contributed by atoms with Crippen molar-refractivity contribution in [3.63, 3.8) is 0 Å². The minimum Gasteiger partial charge on any atom is -0.493 e. The Morgan fingerprint density at radius 1 is 1.28 bits per heavy atom. The minimum absolute atomic E-state index is 0.633. The molecule has 1 aromatic carbocycles. The molecule has 0 heterocycles. The highest BCUT2D eigenvalue weighted by Gasteiger charge is 2.14. The lowest BCUT2D eigenvalue weighted by Crippen LogP contribution is -2.37. The normalized spacial score (nSPS) is 11.9. The number of hydrogen-bond acceptors (Lipinski definition) is 3. The molecule has 0 aliphatic rings. The van der Waals surface area contributed by atoms with Crippen LogP contribution in [0.2, 0.25) is 0 Å². The summed E-state index contributed by atoms with van der Waals surface area (Å²) in [5.41, 5.74) is 0.536. The van der Waals surface area contributed by atoms with E-state index in [2.05, 4.69) is 17.9 Å². The van der Waals surface area contributed by atoms with Crippen LogP contribution in [0.15, 0.2) is 24.3 Å². The van der Waals surface area contributed by atoms with E-state index in [9.17, 15) is 5.11 Å². The number of para-hydroxylation sites is 1. The molecule has 0 atom stereocenters. The van der Waals surface area contributed by atoms with Crippen molar-refractivity contribution in [2.75, 3.05) is 26.7 Å². The number of benzene rings is 1. The van der Waals surface area contributed by atoms with Crippen LogP contribution in [0.3, 0.4) is 0 Å². The topological polar surface area (TPSA) is 32.7 Å². The molecule has 0 aliphatic carbocycles. The van der Waals surface area contributed by atoms with Gasteiger partial charge < -0.3 is 14.7 Å². The van der Waals surface area contributed by atoms with Gasteiger partial charge in [-0.25, -0.2) is 0 Å². The summed E-state index contributed by atoms with van der Waals surface area (Å²) in [4.78, 5) is 2.13. The third kappa shape index (κ3) is 6.03. The molecule has 3 nitrogen and oxygen atoms in total. The van der Waals surface area contributed by atoms with Crippen LogP contribution in [-0.4, -0.2) is 42.4 Å². The number of aryl methyl sites for hydroxylation is 1. The first-order valence-corrected chi connectivity index (χ1v) is 6.48. The summed E-state index contributed by atoms with van der Waals surface area (Å²) in [7, 11) is 2.02. The van der Waals surface area contributed by atoms with Gasteiger partial charge in [0.15, 0.2) is 0 Å². The number of aliphatic hydroxyl groups is 1. The Kier molecular flexibility index (Phi) is 5.63. The summed E-state index contributed by atoms with van der Waals surface area (Å²) in [6.45, 7) is 8.02. The first-order chi connectivity index (χ1) is 8.38. The van der Waals surface area contributed by atoms with E-state index in [1.807, 2.05) is 39.1 Å². The predicted molar refractivity (Wildman–Crippen MR) is 75.1 cm³/mol. The molecule has 0 aromatic heterocycles. The van der Waals surface area contributed by atoms with E-state index in [1.54, 1.807) is 0 Å². The predicted octanol–water partition coefficient (Wildman–Crippen LogP) is 2.47. The van der Waals surface area contributed by atoms with Crippen LogP contribution in [0, 0.1) is 6.92 Å². The average molecular weight is 251 g/mol. The number of likely N-dealkylation sites (N-methyl/N-ethyl adjacent to an activating group) is 1. The molecule has 0 fully saturated rings. The molecule has 1 N–H and O–H groups in total. The number of ether oxygens (including phenoxy) is 1. The van der Waals surface area contributed by atoms with Gasteiger partial charge in [0.25, 0.3) is 0 Å². The Hall–Kier alpha value is -1.06. The average Bonchev–Trinajstić information content (AvgIpc) is 2.24. The van der Waals surface area contributed by atoms with Crippen LogP contribution < -0.4 is 4.74 Å². The molecule has 1 aromatic rings. The van der Waals surface area contributed by atoms with Gasteiger partial charge in [-0.1, -0.05) is 18.2 Å². The molecule has 0 spiro atoms. The molecule has 102 valence electrons. The zero-order chi connectivity index (χ0) is 13.6. The first-order valence-electron chi connectivity index (χ1n) is 6.48. The second-order valence-electron chi connectivity index (χ2n) is 5.52. The maximum atomic E-state index is 9.69. The van der Waals surface area contributed by atoms with E-state index < -0.39 is 5.60 Å². The molecule has 0 saturated heterocycles. The van der Waals surface area contributed by atoms with Gasteiger partial charge in [0.1, 0.15) is 5.75 Å². The molecule has 3 heteroatoms. The molecule has 0 radical (unpaired) electrons. The fourth-order valence-electron chi connectivity index (χ4n) is 1.97. The molecule has 0 bridgehead atoms. The second-order valence-corrected chi connectivity index (χ2v) is 5.52. The Labute approximate surface area is 110 Å². The van der Waals surface area contributed by atoms with Crippen LogP contribution in [0.4, 0.5) is 0 Å². The Balaban J connectivity index is 2.21. The summed E-state index contributed by atoms with van der Waals surface area (Å²) in [6, 6.07) is 8.05. The molecule has 0 amide bonds. The molecule has 1 rings (SSSR count). The summed E-state index contributed by atoms with van der Waals surface area (Å²) < 4.78 is 5.73. The van der Waals surface area contributed by atoms with Gasteiger partial charge in [0.05, 0.1) is 12.2 Å². The van der Waals surface area contributed by atoms with Gasteiger partial charge in [-0.2, -0.15) is 0 Å². The zero-order valence-corrected chi connectivity index (χ0v) is 11.9. The van der Waals surface area contributed by atoms with E-state index in [4.69, 9.17) is 4.74 Å². The molecule has 0 aliphatic heterocycles. The van der Waals surface area contributed by atoms with Crippen molar-refractivity contribution < 1.29 is 9.84 Å². The quantitative estimate of drug-likeness (QED) is 0.756. The lowest BCUT2D eigenvalue weighted by Gasteiger charge is -2.25. The van der Waals surface area contributed by atoms with E-state index in [0.717, 1.165) is 18.7 Å². The van der Waals surface area contributed by atoms with Gasteiger partial charge in [-0.15, -0.1) is 0 Å².